The van der Waals surface area contributed by atoms with Gasteiger partial charge in [0.25, 0.3) is 0 Å². The second-order valence-corrected chi connectivity index (χ2v) is 5.39. The van der Waals surface area contributed by atoms with Gasteiger partial charge in [0.1, 0.15) is 0 Å². The molecule has 0 radical (unpaired) electrons. The molecule has 3 fully saturated rings. The van der Waals surface area contributed by atoms with Gasteiger partial charge in [0.2, 0.25) is 0 Å². The fourth-order valence-corrected chi connectivity index (χ4v) is 4.43. The maximum atomic E-state index is 3.70. The molecule has 0 aromatic carbocycles. The molecule has 0 bridgehead atoms. The van der Waals surface area contributed by atoms with Crippen molar-refractivity contribution in [2.24, 2.45) is 11.3 Å². The van der Waals surface area contributed by atoms with Gasteiger partial charge in [-0.15, -0.1) is 0 Å². The molecule has 1 N–H and O–H groups in total. The number of fused-ring (bicyclic) bond motifs is 2. The van der Waals surface area contributed by atoms with Gasteiger partial charge in [-0.25, -0.2) is 0 Å². The minimum absolute atomic E-state index is 0.782. The van der Waals surface area contributed by atoms with Gasteiger partial charge >= 0.3 is 0 Å². The van der Waals surface area contributed by atoms with E-state index in [-0.39, 0.29) is 0 Å². The van der Waals surface area contributed by atoms with Crippen molar-refractivity contribution in [2.45, 2.75) is 25.3 Å². The number of rotatable bonds is 0. The summed E-state index contributed by atoms with van der Waals surface area (Å²) in [6.07, 6.45) is 4.46. The Kier molecular flexibility index (Phi) is 1.34. The Morgan fingerprint density at radius 3 is 3.09 bits per heavy atom. The largest absolute Gasteiger partial charge is 0.313 e. The van der Waals surface area contributed by atoms with Crippen molar-refractivity contribution in [3.05, 3.63) is 0 Å². The highest BCUT2D eigenvalue weighted by molar-refractivity contribution is 7.99. The van der Waals surface area contributed by atoms with Crippen LogP contribution in [0.5, 0.6) is 0 Å². The fourth-order valence-electron chi connectivity index (χ4n) is 2.77. The average Bonchev–Trinajstić information content (AvgIpc) is 2.63. The Labute approximate surface area is 72.3 Å². The molecule has 1 nitrogen and oxygen atoms in total. The summed E-state index contributed by atoms with van der Waals surface area (Å²) >= 11 is 2.20. The molecule has 2 aliphatic heterocycles. The minimum Gasteiger partial charge on any atom is -0.313 e. The van der Waals surface area contributed by atoms with Crippen LogP contribution in [0.2, 0.25) is 0 Å². The lowest BCUT2D eigenvalue weighted by Gasteiger charge is -2.33. The molecule has 2 heteroatoms. The Balaban J connectivity index is 1.85. The third-order valence-corrected chi connectivity index (χ3v) is 5.07. The van der Waals surface area contributed by atoms with Crippen molar-refractivity contribution in [3.8, 4) is 0 Å². The summed E-state index contributed by atoms with van der Waals surface area (Å²) in [5.41, 5.74) is 0.782. The monoisotopic (exact) mass is 169 g/mol. The number of thioether (sulfide) groups is 1. The Morgan fingerprint density at radius 2 is 2.27 bits per heavy atom. The van der Waals surface area contributed by atoms with Gasteiger partial charge in [0.05, 0.1) is 0 Å². The first-order chi connectivity index (χ1) is 5.41. The molecule has 0 aromatic rings. The van der Waals surface area contributed by atoms with Crippen molar-refractivity contribution in [1.29, 1.82) is 0 Å². The van der Waals surface area contributed by atoms with Crippen LogP contribution in [0.4, 0.5) is 0 Å². The third-order valence-electron chi connectivity index (χ3n) is 3.62. The van der Waals surface area contributed by atoms with E-state index in [9.17, 15) is 0 Å². The second-order valence-electron chi connectivity index (χ2n) is 4.36. The summed E-state index contributed by atoms with van der Waals surface area (Å²) in [5.74, 6) is 3.90. The molecule has 62 valence electrons. The summed E-state index contributed by atoms with van der Waals surface area (Å²) in [6, 6.07) is 0.920. The van der Waals surface area contributed by atoms with Crippen LogP contribution >= 0.6 is 11.8 Å². The summed E-state index contributed by atoms with van der Waals surface area (Å²) in [4.78, 5) is 0. The summed E-state index contributed by atoms with van der Waals surface area (Å²) in [6.45, 7) is 1.29. The Morgan fingerprint density at radius 1 is 1.36 bits per heavy atom. The zero-order valence-electron chi connectivity index (χ0n) is 6.81. The van der Waals surface area contributed by atoms with E-state index in [2.05, 4.69) is 17.1 Å². The maximum absolute atomic E-state index is 3.70. The summed E-state index contributed by atoms with van der Waals surface area (Å²) < 4.78 is 0. The molecule has 3 rings (SSSR count). The lowest BCUT2D eigenvalue weighted by atomic mass is 9.89. The second kappa shape index (κ2) is 2.17. The topological polar surface area (TPSA) is 12.0 Å². The van der Waals surface area contributed by atoms with Crippen LogP contribution in [0, 0.1) is 11.3 Å². The standard InChI is InChI=1S/C9H15NS/c1-4-10-8-7(1)5-11-6-9(8)2-3-9/h7-8,10H,1-6H2. The SMILES string of the molecule is C1CC2CSCC3(CC3)C2N1. The van der Waals surface area contributed by atoms with Crippen molar-refractivity contribution < 1.29 is 0 Å². The third kappa shape index (κ3) is 0.888. The number of hydrogen-bond acceptors (Lipinski definition) is 2. The average molecular weight is 169 g/mol. The molecule has 2 heterocycles. The Bertz CT molecular complexity index is 176. The normalized spacial score (nSPS) is 45.8. The molecule has 3 aliphatic rings. The van der Waals surface area contributed by atoms with E-state index in [0.29, 0.717) is 0 Å². The number of nitrogens with one attached hydrogen (secondary N) is 1. The van der Waals surface area contributed by atoms with Crippen LogP contribution in [0.1, 0.15) is 19.3 Å². The van der Waals surface area contributed by atoms with Gasteiger partial charge in [-0.1, -0.05) is 0 Å². The fraction of sp³-hybridized carbons (Fsp3) is 1.00. The molecule has 2 atom stereocenters. The van der Waals surface area contributed by atoms with Gasteiger partial charge in [-0.3, -0.25) is 0 Å². The van der Waals surface area contributed by atoms with E-state index in [1.54, 1.807) is 0 Å². The van der Waals surface area contributed by atoms with E-state index >= 15 is 0 Å². The van der Waals surface area contributed by atoms with E-state index < -0.39 is 0 Å². The smallest absolute Gasteiger partial charge is 0.0168 e. The van der Waals surface area contributed by atoms with Gasteiger partial charge < -0.3 is 5.32 Å². The molecular weight excluding hydrogens is 154 g/mol. The molecule has 2 saturated heterocycles. The minimum atomic E-state index is 0.782. The van der Waals surface area contributed by atoms with Crippen LogP contribution in [0.15, 0.2) is 0 Å². The Hall–Kier alpha value is 0.310. The molecule has 1 spiro atoms. The van der Waals surface area contributed by atoms with Crippen LogP contribution in [0.3, 0.4) is 0 Å². The first kappa shape index (κ1) is 6.79. The first-order valence-corrected chi connectivity index (χ1v) is 5.87. The van der Waals surface area contributed by atoms with Gasteiger partial charge in [0, 0.05) is 11.8 Å². The lowest BCUT2D eigenvalue weighted by molar-refractivity contribution is 0.331. The van der Waals surface area contributed by atoms with Gasteiger partial charge in [-0.2, -0.15) is 11.8 Å². The van der Waals surface area contributed by atoms with E-state index in [4.69, 9.17) is 0 Å². The van der Waals surface area contributed by atoms with E-state index in [1.807, 2.05) is 0 Å². The van der Waals surface area contributed by atoms with Crippen molar-refractivity contribution >= 4 is 11.8 Å². The van der Waals surface area contributed by atoms with Crippen molar-refractivity contribution in [1.82, 2.24) is 5.32 Å². The maximum Gasteiger partial charge on any atom is 0.0168 e. The van der Waals surface area contributed by atoms with Crippen LogP contribution in [-0.2, 0) is 0 Å². The summed E-state index contributed by atoms with van der Waals surface area (Å²) in [7, 11) is 0. The molecule has 2 unspecified atom stereocenters. The molecule has 0 amide bonds. The molecule has 1 aliphatic carbocycles. The van der Waals surface area contributed by atoms with Gasteiger partial charge in [0.15, 0.2) is 0 Å². The predicted octanol–water partition coefficient (Wildman–Crippen LogP) is 1.49. The zero-order valence-corrected chi connectivity index (χ0v) is 7.62. The molecule has 0 aromatic heterocycles. The van der Waals surface area contributed by atoms with Crippen LogP contribution in [0.25, 0.3) is 0 Å². The lowest BCUT2D eigenvalue weighted by Crippen LogP contribution is -2.42. The zero-order chi connectivity index (χ0) is 7.31. The molecule has 11 heavy (non-hydrogen) atoms. The molecule has 1 saturated carbocycles. The van der Waals surface area contributed by atoms with Crippen molar-refractivity contribution in [3.63, 3.8) is 0 Å². The number of hydrogen-bond donors (Lipinski definition) is 1. The molecular formula is C9H15NS. The summed E-state index contributed by atoms with van der Waals surface area (Å²) in [5, 5.41) is 3.70. The highest BCUT2D eigenvalue weighted by Gasteiger charge is 2.55. The highest BCUT2D eigenvalue weighted by atomic mass is 32.2. The predicted molar refractivity (Wildman–Crippen MR) is 48.9 cm³/mol. The highest BCUT2D eigenvalue weighted by Crippen LogP contribution is 2.57. The van der Waals surface area contributed by atoms with E-state index in [0.717, 1.165) is 17.4 Å². The van der Waals surface area contributed by atoms with Crippen molar-refractivity contribution in [2.75, 3.05) is 18.1 Å². The van der Waals surface area contributed by atoms with E-state index in [1.165, 1.54) is 37.3 Å². The first-order valence-electron chi connectivity index (χ1n) is 4.72. The van der Waals surface area contributed by atoms with Crippen LogP contribution in [-0.4, -0.2) is 24.1 Å². The van der Waals surface area contributed by atoms with Crippen LogP contribution < -0.4 is 5.32 Å². The van der Waals surface area contributed by atoms with Gasteiger partial charge in [-0.05, 0) is 42.9 Å². The quantitative estimate of drug-likeness (QED) is 0.589.